The Bertz CT molecular complexity index is 508. The van der Waals surface area contributed by atoms with Crippen LogP contribution in [0.3, 0.4) is 0 Å². The molecule has 5 N–H and O–H groups in total. The van der Waals surface area contributed by atoms with Crippen LogP contribution in [0.25, 0.3) is 0 Å². The molecule has 0 atom stereocenters. The summed E-state index contributed by atoms with van der Waals surface area (Å²) in [6, 6.07) is 0. The van der Waals surface area contributed by atoms with Crippen LogP contribution >= 0.6 is 11.3 Å². The molecule has 2 rings (SSSR count). The zero-order valence-corrected chi connectivity index (χ0v) is 11.4. The van der Waals surface area contributed by atoms with E-state index in [1.165, 1.54) is 7.11 Å². The molecule has 1 aliphatic heterocycles. The predicted molar refractivity (Wildman–Crippen MR) is 73.7 cm³/mol. The number of thiophene rings is 1. The van der Waals surface area contributed by atoms with Gasteiger partial charge in [-0.2, -0.15) is 0 Å². The number of piperazine rings is 1. The smallest absolute Gasteiger partial charge is 0.343 e. The molecular weight excluding hydrogens is 268 g/mol. The summed E-state index contributed by atoms with van der Waals surface area (Å²) >= 11 is 1.14. The van der Waals surface area contributed by atoms with E-state index in [4.69, 9.17) is 16.2 Å². The Kier molecular flexibility index (Phi) is 3.91. The number of carbonyl (C=O) groups is 2. The van der Waals surface area contributed by atoms with Crippen molar-refractivity contribution in [2.75, 3.05) is 43.9 Å². The fraction of sp³-hybridized carbons (Fsp3) is 0.455. The molecule has 0 saturated carbocycles. The quantitative estimate of drug-likeness (QED) is 0.653. The van der Waals surface area contributed by atoms with Crippen molar-refractivity contribution in [1.82, 2.24) is 5.32 Å². The number of rotatable bonds is 3. The molecule has 0 unspecified atom stereocenters. The SMILES string of the molecule is COC(=O)c1c(N2CCNCC2)sc(C(N)=O)c1N. The summed E-state index contributed by atoms with van der Waals surface area (Å²) < 4.78 is 4.73. The summed E-state index contributed by atoms with van der Waals surface area (Å²) in [6.07, 6.45) is 0. The molecule has 1 aromatic heterocycles. The van der Waals surface area contributed by atoms with Gasteiger partial charge in [0.05, 0.1) is 12.8 Å². The summed E-state index contributed by atoms with van der Waals surface area (Å²) in [7, 11) is 1.28. The second kappa shape index (κ2) is 5.45. The molecule has 0 aliphatic carbocycles. The minimum absolute atomic E-state index is 0.109. The molecule has 104 valence electrons. The molecule has 7 nitrogen and oxygen atoms in total. The molecule has 1 fully saturated rings. The zero-order chi connectivity index (χ0) is 14.0. The van der Waals surface area contributed by atoms with Gasteiger partial charge in [0, 0.05) is 26.2 Å². The number of hydrogen-bond acceptors (Lipinski definition) is 7. The molecule has 1 saturated heterocycles. The van der Waals surface area contributed by atoms with E-state index in [2.05, 4.69) is 5.32 Å². The number of methoxy groups -OCH3 is 1. The number of nitrogens with one attached hydrogen (secondary N) is 1. The Morgan fingerprint density at radius 3 is 2.53 bits per heavy atom. The summed E-state index contributed by atoms with van der Waals surface area (Å²) in [4.78, 5) is 25.4. The van der Waals surface area contributed by atoms with Gasteiger partial charge in [-0.25, -0.2) is 4.79 Å². The van der Waals surface area contributed by atoms with Crippen molar-refractivity contribution in [2.45, 2.75) is 0 Å². The maximum atomic E-state index is 11.8. The number of nitrogens with two attached hydrogens (primary N) is 2. The van der Waals surface area contributed by atoms with Crippen LogP contribution in [0.5, 0.6) is 0 Å². The van der Waals surface area contributed by atoms with Gasteiger partial charge < -0.3 is 26.4 Å². The van der Waals surface area contributed by atoms with E-state index in [9.17, 15) is 9.59 Å². The molecule has 2 heterocycles. The first-order valence-electron chi connectivity index (χ1n) is 5.82. The normalized spacial score (nSPS) is 15.3. The molecule has 0 radical (unpaired) electrons. The number of esters is 1. The van der Waals surface area contributed by atoms with Crippen LogP contribution in [0.1, 0.15) is 20.0 Å². The lowest BCUT2D eigenvalue weighted by molar-refractivity contribution is 0.0603. The van der Waals surface area contributed by atoms with Crippen LogP contribution in [0, 0.1) is 0 Å². The third kappa shape index (κ3) is 2.49. The Morgan fingerprint density at radius 2 is 2.00 bits per heavy atom. The van der Waals surface area contributed by atoms with Gasteiger partial charge in [-0.05, 0) is 0 Å². The number of amides is 1. The van der Waals surface area contributed by atoms with E-state index in [1.54, 1.807) is 0 Å². The molecule has 19 heavy (non-hydrogen) atoms. The van der Waals surface area contributed by atoms with Crippen LogP contribution in [-0.2, 0) is 4.74 Å². The first kappa shape index (κ1) is 13.6. The largest absolute Gasteiger partial charge is 0.465 e. The number of carbonyl (C=O) groups excluding carboxylic acids is 2. The Labute approximate surface area is 114 Å². The summed E-state index contributed by atoms with van der Waals surface area (Å²) in [5.74, 6) is -1.18. The minimum Gasteiger partial charge on any atom is -0.465 e. The van der Waals surface area contributed by atoms with Crippen molar-refractivity contribution in [3.8, 4) is 0 Å². The lowest BCUT2D eigenvalue weighted by Crippen LogP contribution is -2.43. The topological polar surface area (TPSA) is 111 Å². The van der Waals surface area contributed by atoms with Gasteiger partial charge in [-0.3, -0.25) is 4.79 Å². The number of ether oxygens (including phenoxy) is 1. The second-order valence-electron chi connectivity index (χ2n) is 4.12. The van der Waals surface area contributed by atoms with Crippen molar-refractivity contribution in [2.24, 2.45) is 5.73 Å². The van der Waals surface area contributed by atoms with Gasteiger partial charge in [-0.15, -0.1) is 11.3 Å². The van der Waals surface area contributed by atoms with E-state index >= 15 is 0 Å². The van der Waals surface area contributed by atoms with Gasteiger partial charge in [0.15, 0.2) is 0 Å². The van der Waals surface area contributed by atoms with Gasteiger partial charge in [0.1, 0.15) is 15.4 Å². The lowest BCUT2D eigenvalue weighted by Gasteiger charge is -2.28. The van der Waals surface area contributed by atoms with Gasteiger partial charge in [0.25, 0.3) is 5.91 Å². The minimum atomic E-state index is -0.631. The molecule has 1 aliphatic rings. The van der Waals surface area contributed by atoms with Gasteiger partial charge in [-0.1, -0.05) is 0 Å². The number of anilines is 2. The monoisotopic (exact) mass is 284 g/mol. The highest BCUT2D eigenvalue weighted by Gasteiger charge is 2.28. The molecular formula is C11H16N4O3S. The molecule has 0 bridgehead atoms. The van der Waals surface area contributed by atoms with Crippen molar-refractivity contribution < 1.29 is 14.3 Å². The molecule has 8 heteroatoms. The number of nitrogens with zero attached hydrogens (tertiary/aromatic N) is 1. The fourth-order valence-electron chi connectivity index (χ4n) is 2.00. The molecule has 1 aromatic rings. The van der Waals surface area contributed by atoms with Crippen molar-refractivity contribution >= 4 is 33.9 Å². The maximum Gasteiger partial charge on any atom is 0.343 e. The van der Waals surface area contributed by atoms with Crippen molar-refractivity contribution in [3.05, 3.63) is 10.4 Å². The highest BCUT2D eigenvalue weighted by atomic mass is 32.1. The number of nitrogen functional groups attached to an aromatic ring is 1. The highest BCUT2D eigenvalue weighted by Crippen LogP contribution is 2.38. The van der Waals surface area contributed by atoms with Crippen LogP contribution in [0.4, 0.5) is 10.7 Å². The van der Waals surface area contributed by atoms with E-state index in [0.717, 1.165) is 37.5 Å². The highest BCUT2D eigenvalue weighted by molar-refractivity contribution is 7.19. The van der Waals surface area contributed by atoms with Crippen LogP contribution in [0.15, 0.2) is 0 Å². The number of primary amides is 1. The van der Waals surface area contributed by atoms with E-state index in [1.807, 2.05) is 4.90 Å². The van der Waals surface area contributed by atoms with Crippen LogP contribution in [0.2, 0.25) is 0 Å². The average Bonchev–Trinajstić information content (AvgIpc) is 2.77. The summed E-state index contributed by atoms with van der Waals surface area (Å²) in [5.41, 5.74) is 11.5. The predicted octanol–water partition coefficient (Wildman–Crippen LogP) is -0.375. The first-order valence-corrected chi connectivity index (χ1v) is 6.64. The summed E-state index contributed by atoms with van der Waals surface area (Å²) in [5, 5.41) is 3.87. The van der Waals surface area contributed by atoms with E-state index < -0.39 is 11.9 Å². The zero-order valence-electron chi connectivity index (χ0n) is 10.6. The van der Waals surface area contributed by atoms with E-state index in [0.29, 0.717) is 5.00 Å². The lowest BCUT2D eigenvalue weighted by atomic mass is 10.2. The average molecular weight is 284 g/mol. The standard InChI is InChI=1S/C11H16N4O3S/c1-18-11(17)6-7(12)8(9(13)16)19-10(6)15-4-2-14-3-5-15/h14H,2-5,12H2,1H3,(H2,13,16). The van der Waals surface area contributed by atoms with Crippen molar-refractivity contribution in [1.29, 1.82) is 0 Å². The van der Waals surface area contributed by atoms with Crippen LogP contribution in [-0.4, -0.2) is 45.2 Å². The first-order chi connectivity index (χ1) is 9.06. The van der Waals surface area contributed by atoms with E-state index in [-0.39, 0.29) is 16.1 Å². The Morgan fingerprint density at radius 1 is 1.37 bits per heavy atom. The molecule has 0 aromatic carbocycles. The molecule has 0 spiro atoms. The van der Waals surface area contributed by atoms with Gasteiger partial charge >= 0.3 is 5.97 Å². The Balaban J connectivity index is 2.48. The molecule has 1 amide bonds. The van der Waals surface area contributed by atoms with Crippen LogP contribution < -0.4 is 21.7 Å². The summed E-state index contributed by atoms with van der Waals surface area (Å²) in [6.45, 7) is 3.10. The Hall–Kier alpha value is -1.80. The third-order valence-corrected chi connectivity index (χ3v) is 4.22. The number of hydrogen-bond donors (Lipinski definition) is 3. The third-order valence-electron chi connectivity index (χ3n) is 2.94. The van der Waals surface area contributed by atoms with Gasteiger partial charge in [0.2, 0.25) is 0 Å². The maximum absolute atomic E-state index is 11.8. The second-order valence-corrected chi connectivity index (χ2v) is 5.12. The fourth-order valence-corrected chi connectivity index (χ4v) is 3.12. The van der Waals surface area contributed by atoms with Crippen molar-refractivity contribution in [3.63, 3.8) is 0 Å².